The van der Waals surface area contributed by atoms with Gasteiger partial charge in [-0.15, -0.1) is 0 Å². The van der Waals surface area contributed by atoms with Crippen molar-refractivity contribution in [1.82, 2.24) is 9.55 Å². The molecule has 0 saturated heterocycles. The predicted octanol–water partition coefficient (Wildman–Crippen LogP) is 3.80. The minimum atomic E-state index is -0.943. The molecular formula is C21H24N2O2. The van der Waals surface area contributed by atoms with Crippen LogP contribution >= 0.6 is 0 Å². The molecule has 0 aliphatic carbocycles. The third-order valence-electron chi connectivity index (χ3n) is 4.53. The third kappa shape index (κ3) is 4.48. The van der Waals surface area contributed by atoms with Gasteiger partial charge >= 0.3 is 0 Å². The molecule has 0 radical (unpaired) electrons. The van der Waals surface area contributed by atoms with Crippen LogP contribution in [-0.4, -0.2) is 21.8 Å². The first-order chi connectivity index (χ1) is 12.2. The summed E-state index contributed by atoms with van der Waals surface area (Å²) in [4.78, 5) is 4.09. The van der Waals surface area contributed by atoms with Gasteiger partial charge < -0.3 is 14.4 Å². The van der Waals surface area contributed by atoms with Gasteiger partial charge in [0, 0.05) is 12.4 Å². The Labute approximate surface area is 148 Å². The van der Waals surface area contributed by atoms with E-state index in [0.29, 0.717) is 13.0 Å². The highest BCUT2D eigenvalue weighted by molar-refractivity contribution is 5.31. The molecule has 130 valence electrons. The Hall–Kier alpha value is -2.59. The largest absolute Gasteiger partial charge is 0.497 e. The number of hydrogen-bond acceptors (Lipinski definition) is 3. The summed E-state index contributed by atoms with van der Waals surface area (Å²) in [5.41, 5.74) is 1.25. The molecule has 0 saturated carbocycles. The zero-order valence-corrected chi connectivity index (χ0v) is 14.5. The summed E-state index contributed by atoms with van der Waals surface area (Å²) >= 11 is 0. The molecule has 1 atom stereocenters. The van der Waals surface area contributed by atoms with E-state index in [2.05, 4.69) is 29.2 Å². The topological polar surface area (TPSA) is 47.3 Å². The second-order valence-electron chi connectivity index (χ2n) is 6.33. The lowest BCUT2D eigenvalue weighted by Gasteiger charge is -2.29. The maximum Gasteiger partial charge on any atom is 0.118 e. The third-order valence-corrected chi connectivity index (χ3v) is 4.53. The summed E-state index contributed by atoms with van der Waals surface area (Å²) in [5.74, 6) is 0.790. The Morgan fingerprint density at radius 3 is 2.48 bits per heavy atom. The van der Waals surface area contributed by atoms with Crippen LogP contribution < -0.4 is 4.74 Å². The molecule has 0 amide bonds. The second-order valence-corrected chi connectivity index (χ2v) is 6.33. The fourth-order valence-electron chi connectivity index (χ4n) is 3.13. The number of methoxy groups -OCH3 is 1. The fourth-order valence-corrected chi connectivity index (χ4v) is 3.13. The van der Waals surface area contributed by atoms with Crippen molar-refractivity contribution in [2.45, 2.75) is 31.4 Å². The molecule has 0 aliphatic rings. The molecule has 25 heavy (non-hydrogen) atoms. The predicted molar refractivity (Wildman–Crippen MR) is 98.5 cm³/mol. The van der Waals surface area contributed by atoms with Crippen LogP contribution in [0.5, 0.6) is 5.75 Å². The van der Waals surface area contributed by atoms with Crippen molar-refractivity contribution in [2.75, 3.05) is 7.11 Å². The molecule has 1 N–H and O–H groups in total. The fraction of sp³-hybridized carbons (Fsp3) is 0.286. The number of aromatic nitrogens is 2. The van der Waals surface area contributed by atoms with Gasteiger partial charge in [0.05, 0.1) is 20.0 Å². The lowest BCUT2D eigenvalue weighted by atomic mass is 9.87. The maximum atomic E-state index is 11.4. The van der Waals surface area contributed by atoms with E-state index in [9.17, 15) is 5.11 Å². The molecule has 1 heterocycles. The normalized spacial score (nSPS) is 13.4. The van der Waals surface area contributed by atoms with Gasteiger partial charge in [0.2, 0.25) is 0 Å². The number of aliphatic hydroxyl groups is 1. The highest BCUT2D eigenvalue weighted by Crippen LogP contribution is 2.30. The van der Waals surface area contributed by atoms with E-state index in [-0.39, 0.29) is 0 Å². The van der Waals surface area contributed by atoms with Crippen molar-refractivity contribution in [3.05, 3.63) is 84.4 Å². The van der Waals surface area contributed by atoms with Crippen molar-refractivity contribution in [3.8, 4) is 5.75 Å². The molecule has 0 spiro atoms. The zero-order chi connectivity index (χ0) is 17.5. The number of rotatable bonds is 8. The minimum absolute atomic E-state index is 0.480. The van der Waals surface area contributed by atoms with Crippen LogP contribution in [0.25, 0.3) is 0 Å². The van der Waals surface area contributed by atoms with E-state index in [4.69, 9.17) is 4.74 Å². The first-order valence-electron chi connectivity index (χ1n) is 8.56. The maximum absolute atomic E-state index is 11.4. The van der Waals surface area contributed by atoms with Crippen LogP contribution in [-0.2, 0) is 18.6 Å². The van der Waals surface area contributed by atoms with Crippen molar-refractivity contribution < 1.29 is 9.84 Å². The molecule has 1 unspecified atom stereocenters. The number of hydrogen-bond donors (Lipinski definition) is 1. The van der Waals surface area contributed by atoms with E-state index in [1.807, 2.05) is 41.1 Å². The van der Waals surface area contributed by atoms with E-state index >= 15 is 0 Å². The van der Waals surface area contributed by atoms with Gasteiger partial charge in [-0.25, -0.2) is 4.98 Å². The number of imidazole rings is 1. The first kappa shape index (κ1) is 17.2. The highest BCUT2D eigenvalue weighted by Gasteiger charge is 2.29. The Bertz CT molecular complexity index is 754. The number of nitrogens with zero attached hydrogens (tertiary/aromatic N) is 2. The molecule has 2 aromatic carbocycles. The van der Waals surface area contributed by atoms with Crippen LogP contribution in [0, 0.1) is 0 Å². The van der Waals surface area contributed by atoms with Crippen LogP contribution in [0.3, 0.4) is 0 Å². The SMILES string of the molecule is COc1ccc(C(O)(CCCc2ccccc2)Cn2ccnc2)cc1. The van der Waals surface area contributed by atoms with Gasteiger partial charge in [0.15, 0.2) is 0 Å². The lowest BCUT2D eigenvalue weighted by Crippen LogP contribution is -2.31. The van der Waals surface area contributed by atoms with E-state index < -0.39 is 5.60 Å². The second kappa shape index (κ2) is 7.99. The summed E-state index contributed by atoms with van der Waals surface area (Å²) < 4.78 is 7.15. The smallest absolute Gasteiger partial charge is 0.118 e. The van der Waals surface area contributed by atoms with E-state index in [0.717, 1.165) is 24.2 Å². The monoisotopic (exact) mass is 336 g/mol. The zero-order valence-electron chi connectivity index (χ0n) is 14.5. The number of aryl methyl sites for hydroxylation is 1. The van der Waals surface area contributed by atoms with Crippen molar-refractivity contribution >= 4 is 0 Å². The standard InChI is InChI=1S/C21H24N2O2/c1-25-20-11-9-19(10-12-20)21(24,16-23-15-14-22-17-23)13-5-8-18-6-3-2-4-7-18/h2-4,6-7,9-12,14-15,17,24H,5,8,13,16H2,1H3. The van der Waals surface area contributed by atoms with Gasteiger partial charge in [-0.3, -0.25) is 0 Å². The summed E-state index contributed by atoms with van der Waals surface area (Å²) in [6.45, 7) is 0.480. The summed E-state index contributed by atoms with van der Waals surface area (Å²) in [6, 6.07) is 18.1. The Balaban J connectivity index is 1.75. The van der Waals surface area contributed by atoms with Crippen molar-refractivity contribution in [3.63, 3.8) is 0 Å². The van der Waals surface area contributed by atoms with Gasteiger partial charge in [0.25, 0.3) is 0 Å². The molecule has 3 rings (SSSR count). The number of benzene rings is 2. The van der Waals surface area contributed by atoms with Crippen molar-refractivity contribution in [1.29, 1.82) is 0 Å². The molecule has 0 aliphatic heterocycles. The van der Waals surface area contributed by atoms with Gasteiger partial charge in [-0.1, -0.05) is 42.5 Å². The first-order valence-corrected chi connectivity index (χ1v) is 8.56. The Morgan fingerprint density at radius 1 is 1.08 bits per heavy atom. The average molecular weight is 336 g/mol. The summed E-state index contributed by atoms with van der Waals surface area (Å²) in [7, 11) is 1.65. The summed E-state index contributed by atoms with van der Waals surface area (Å²) in [5, 5.41) is 11.4. The summed E-state index contributed by atoms with van der Waals surface area (Å²) in [6.07, 6.45) is 7.88. The molecule has 0 bridgehead atoms. The van der Waals surface area contributed by atoms with Crippen molar-refractivity contribution in [2.24, 2.45) is 0 Å². The van der Waals surface area contributed by atoms with Crippen LogP contribution in [0.1, 0.15) is 24.0 Å². The average Bonchev–Trinajstić information content (AvgIpc) is 3.15. The van der Waals surface area contributed by atoms with Crippen LogP contribution in [0.15, 0.2) is 73.3 Å². The van der Waals surface area contributed by atoms with Crippen LogP contribution in [0.2, 0.25) is 0 Å². The number of ether oxygens (including phenoxy) is 1. The molecular weight excluding hydrogens is 312 g/mol. The molecule has 0 fully saturated rings. The van der Waals surface area contributed by atoms with Crippen LogP contribution in [0.4, 0.5) is 0 Å². The van der Waals surface area contributed by atoms with Gasteiger partial charge in [0.1, 0.15) is 11.4 Å². The van der Waals surface area contributed by atoms with Gasteiger partial charge in [-0.05, 0) is 42.5 Å². The molecule has 1 aromatic heterocycles. The molecule has 3 aromatic rings. The Kier molecular flexibility index (Phi) is 5.51. The molecule has 4 nitrogen and oxygen atoms in total. The minimum Gasteiger partial charge on any atom is -0.497 e. The van der Waals surface area contributed by atoms with E-state index in [1.54, 1.807) is 19.6 Å². The quantitative estimate of drug-likeness (QED) is 0.680. The highest BCUT2D eigenvalue weighted by atomic mass is 16.5. The van der Waals surface area contributed by atoms with E-state index in [1.165, 1.54) is 5.56 Å². The lowest BCUT2D eigenvalue weighted by molar-refractivity contribution is 0.00771. The Morgan fingerprint density at radius 2 is 1.84 bits per heavy atom. The molecule has 4 heteroatoms. The van der Waals surface area contributed by atoms with Gasteiger partial charge in [-0.2, -0.15) is 0 Å².